The van der Waals surface area contributed by atoms with E-state index in [1.54, 1.807) is 82.1 Å². The first kappa shape index (κ1) is 92.6. The highest BCUT2D eigenvalue weighted by atomic mass is 79.9. The predicted molar refractivity (Wildman–Crippen MR) is 509 cm³/mol. The van der Waals surface area contributed by atoms with E-state index in [1.165, 1.54) is 29.8 Å². The van der Waals surface area contributed by atoms with Gasteiger partial charge in [-0.05, 0) is 173 Å². The summed E-state index contributed by atoms with van der Waals surface area (Å²) in [6.07, 6.45) is 6.12. The molecular weight excluding hydrogens is 1810 g/mol. The number of nitrogens with one attached hydrogen (secondary N) is 5. The fourth-order valence-corrected chi connectivity index (χ4v) is 15.9. The van der Waals surface area contributed by atoms with E-state index in [0.717, 1.165) is 86.9 Å². The molecule has 0 saturated carbocycles. The Kier molecular flexibility index (Phi) is 33.5. The van der Waals surface area contributed by atoms with Crippen molar-refractivity contribution in [3.8, 4) is 0 Å². The highest BCUT2D eigenvalue weighted by Crippen LogP contribution is 2.33. The molecule has 124 heavy (non-hydrogen) atoms. The molecule has 16 rings (SSSR count). The second-order valence-corrected chi connectivity index (χ2v) is 34.2. The normalized spacial score (nSPS) is 14.7. The van der Waals surface area contributed by atoms with E-state index in [9.17, 15) is 28.0 Å². The minimum Gasteiger partial charge on any atom is -0.352 e. The number of carbonyl (C=O) groups is 4. The zero-order valence-corrected chi connectivity index (χ0v) is 75.8. The molecule has 10 heterocycles. The molecule has 5 aliphatic rings. The van der Waals surface area contributed by atoms with Crippen molar-refractivity contribution >= 4 is 207 Å². The van der Waals surface area contributed by atoms with E-state index in [-0.39, 0.29) is 35.1 Å². The molecule has 0 unspecified atom stereocenters. The van der Waals surface area contributed by atoms with Gasteiger partial charge in [-0.15, -0.1) is 0 Å². The highest BCUT2D eigenvalue weighted by molar-refractivity contribution is 9.10. The van der Waals surface area contributed by atoms with E-state index in [2.05, 4.69) is 143 Å². The van der Waals surface area contributed by atoms with E-state index < -0.39 is 6.43 Å². The number of urea groups is 4. The average Bonchev–Trinajstić information content (AvgIpc) is 0.838. The molecule has 648 valence electrons. The number of amides is 8. The first-order valence-electron chi connectivity index (χ1n) is 40.0. The average molecular weight is 1900 g/mol. The third kappa shape index (κ3) is 26.3. The number of anilines is 10. The smallest absolute Gasteiger partial charge is 0.321 e. The van der Waals surface area contributed by atoms with Crippen LogP contribution in [0, 0.1) is 0 Å². The number of nitrogens with zero attached hydrogens (tertiary/aromatic N) is 15. The summed E-state index contributed by atoms with van der Waals surface area (Å²) in [5.74, 6) is 3.88. The number of carbonyl (C=O) groups excluding carboxylic acids is 4. The molecule has 0 radical (unpaired) electrons. The van der Waals surface area contributed by atoms with Crippen molar-refractivity contribution in [2.45, 2.75) is 32.6 Å². The van der Waals surface area contributed by atoms with Crippen LogP contribution in [0.15, 0.2) is 230 Å². The van der Waals surface area contributed by atoms with Gasteiger partial charge in [-0.25, -0.2) is 52.9 Å². The summed E-state index contributed by atoms with van der Waals surface area (Å²) in [5, 5.41) is 21.9. The fraction of sp³-hybridized carbons (Fsp3) is 0.281. The van der Waals surface area contributed by atoms with Crippen LogP contribution in [0.4, 0.5) is 85.5 Å². The van der Waals surface area contributed by atoms with Crippen LogP contribution < -0.4 is 51.1 Å². The molecule has 6 aromatic carbocycles. The zero-order valence-electron chi connectivity index (χ0n) is 68.1. The van der Waals surface area contributed by atoms with Gasteiger partial charge in [0.05, 0.1) is 35.2 Å². The maximum Gasteiger partial charge on any atom is 0.321 e. The van der Waals surface area contributed by atoms with Gasteiger partial charge < -0.3 is 75.6 Å². The standard InChI is InChI=1S/C20H19ClN4O.C20H25ClN4S.C17H17ClF2N4O.C16H16BrClN4O.C16H15Cl3N4O/c21-18-6-3-9-22-19(18)24-10-12-25(13-11-24)20(26)23-17-8-7-15-4-1-2-5-16(15)14-17;1-20(2,3)15-6-8-16(9-7-15)23-19(26)25-13-11-24(12-14-25)18-17(21)5-4-10-22-18;18-14-2-1-7-21-16(14)23-8-10-24(11-9-23)17(25)22-13-5-3-12(4-6-13)15(19)20;17-12-3-5-13(6-4-12)20-16(23)22-10-8-21(9-11-22)15-14(18)2-1-7-19-15;17-12-4-3-11(10-14(12)19)21-16(24)23-8-6-22(7-9-23)15-13(18)2-1-5-20-15/h1-9,14H,10-13H2,(H,23,26);4-10H,11-14H2,1-3H3,(H,23,26);1-7,15H,8-11H2,(H,22,25);1-7H,8-11H2,(H,20,23);1-5,10H,6-9H2,(H,21,24). The van der Waals surface area contributed by atoms with Gasteiger partial charge in [0.15, 0.2) is 5.11 Å². The number of fused-ring (bicyclic) bond motifs is 1. The maximum atomic E-state index is 12.6. The van der Waals surface area contributed by atoms with Gasteiger partial charge in [-0.1, -0.05) is 173 Å². The molecule has 0 atom stereocenters. The van der Waals surface area contributed by atoms with Crippen LogP contribution in [0.1, 0.15) is 38.3 Å². The quantitative estimate of drug-likeness (QED) is 0.0759. The van der Waals surface area contributed by atoms with Crippen molar-refractivity contribution in [1.82, 2.24) is 49.4 Å². The summed E-state index contributed by atoms with van der Waals surface area (Å²) >= 11 is 51.8. The molecule has 5 aliphatic heterocycles. The van der Waals surface area contributed by atoms with Crippen molar-refractivity contribution in [1.29, 1.82) is 0 Å². The minimum atomic E-state index is -2.52. The monoisotopic (exact) mass is 1900 g/mol. The van der Waals surface area contributed by atoms with Crippen molar-refractivity contribution < 1.29 is 28.0 Å². The lowest BCUT2D eigenvalue weighted by Gasteiger charge is -2.37. The predicted octanol–water partition coefficient (Wildman–Crippen LogP) is 21.1. The number of alkyl halides is 2. The summed E-state index contributed by atoms with van der Waals surface area (Å²) in [5.41, 5.74) is 5.13. The Morgan fingerprint density at radius 2 is 0.621 bits per heavy atom. The number of benzene rings is 6. The number of pyridine rings is 5. The van der Waals surface area contributed by atoms with Gasteiger partial charge in [-0.3, -0.25) is 0 Å². The Bertz CT molecular complexity index is 5420. The Morgan fingerprint density at radius 1 is 0.331 bits per heavy atom. The molecule has 11 aromatic rings. The zero-order chi connectivity index (χ0) is 87.8. The van der Waals surface area contributed by atoms with Crippen molar-refractivity contribution in [2.75, 3.05) is 182 Å². The summed E-state index contributed by atoms with van der Waals surface area (Å²) < 4.78 is 26.1. The summed E-state index contributed by atoms with van der Waals surface area (Å²) in [4.78, 5) is 90.9. The van der Waals surface area contributed by atoms with Crippen LogP contribution in [0.3, 0.4) is 0 Å². The molecule has 0 bridgehead atoms. The molecule has 8 amide bonds. The molecule has 0 aliphatic carbocycles. The van der Waals surface area contributed by atoms with E-state index >= 15 is 0 Å². The van der Waals surface area contributed by atoms with Crippen molar-refractivity contribution in [2.24, 2.45) is 0 Å². The Morgan fingerprint density at radius 3 is 0.952 bits per heavy atom. The number of thiocarbonyl (C=S) groups is 1. The number of halogens is 10. The van der Waals surface area contributed by atoms with Gasteiger partial charge >= 0.3 is 24.1 Å². The third-order valence-corrected chi connectivity index (χ3v) is 23.8. The van der Waals surface area contributed by atoms with Gasteiger partial charge in [-0.2, -0.15) is 0 Å². The van der Waals surface area contributed by atoms with Gasteiger partial charge in [0, 0.05) is 200 Å². The first-order chi connectivity index (χ1) is 59.8. The third-order valence-electron chi connectivity index (χ3n) is 20.7. The second kappa shape index (κ2) is 44.9. The van der Waals surface area contributed by atoms with Crippen LogP contribution in [-0.2, 0) is 5.41 Å². The molecule has 5 N–H and O–H groups in total. The van der Waals surface area contributed by atoms with Gasteiger partial charge in [0.25, 0.3) is 6.43 Å². The molecule has 5 aromatic heterocycles. The van der Waals surface area contributed by atoms with Gasteiger partial charge in [0.1, 0.15) is 29.1 Å². The molecular formula is C89H92BrCl7F2N20O4S. The fourth-order valence-electron chi connectivity index (χ4n) is 13.8. The number of piperazine rings is 5. The number of hydrogen-bond donors (Lipinski definition) is 5. The van der Waals surface area contributed by atoms with E-state index in [0.29, 0.717) is 157 Å². The lowest BCUT2D eigenvalue weighted by Crippen LogP contribution is -2.50. The Labute approximate surface area is 768 Å². The first-order valence-corrected chi connectivity index (χ1v) is 43.9. The lowest BCUT2D eigenvalue weighted by atomic mass is 9.87. The van der Waals surface area contributed by atoms with Crippen LogP contribution in [0.2, 0.25) is 35.2 Å². The van der Waals surface area contributed by atoms with Crippen LogP contribution in [0.5, 0.6) is 0 Å². The van der Waals surface area contributed by atoms with Crippen molar-refractivity contribution in [3.63, 3.8) is 0 Å². The summed E-state index contributed by atoms with van der Waals surface area (Å²) in [6, 6.07) is 58.3. The maximum absolute atomic E-state index is 12.6. The number of rotatable bonds is 11. The molecule has 5 saturated heterocycles. The van der Waals surface area contributed by atoms with Crippen LogP contribution >= 0.6 is 109 Å². The van der Waals surface area contributed by atoms with Gasteiger partial charge in [0.2, 0.25) is 0 Å². The molecule has 5 fully saturated rings. The van der Waals surface area contributed by atoms with Crippen LogP contribution in [-0.4, -0.2) is 210 Å². The summed E-state index contributed by atoms with van der Waals surface area (Å²) in [6.45, 7) is 20.2. The van der Waals surface area contributed by atoms with Crippen molar-refractivity contribution in [3.05, 3.63) is 276 Å². The molecule has 35 heteroatoms. The van der Waals surface area contributed by atoms with Crippen LogP contribution in [0.25, 0.3) is 10.8 Å². The molecule has 0 spiro atoms. The summed E-state index contributed by atoms with van der Waals surface area (Å²) in [7, 11) is 0. The number of hydrogen-bond acceptors (Lipinski definition) is 15. The van der Waals surface area contributed by atoms with E-state index in [4.69, 9.17) is 93.4 Å². The highest BCUT2D eigenvalue weighted by Gasteiger charge is 2.29. The minimum absolute atomic E-state index is 0.0705. The molecule has 24 nitrogen and oxygen atoms in total. The largest absolute Gasteiger partial charge is 0.352 e. The number of aromatic nitrogens is 5. The lowest BCUT2D eigenvalue weighted by molar-refractivity contribution is 0.151. The van der Waals surface area contributed by atoms with E-state index in [1.807, 2.05) is 113 Å². The Balaban J connectivity index is 0.000000141. The Hall–Kier alpha value is -10.5. The second-order valence-electron chi connectivity index (χ2n) is 30.0. The topological polar surface area (TPSA) is 225 Å². The SMILES string of the molecule is CC(C)(C)c1ccc(NC(=S)N2CCN(c3ncccc3Cl)CC2)cc1.O=C(Nc1ccc(Br)cc1)N1CCN(c2ncccc2Cl)CC1.O=C(Nc1ccc(C(F)F)cc1)N1CCN(c2ncccc2Cl)CC1.O=C(Nc1ccc(Cl)c(Cl)c1)N1CCN(c2ncccc2Cl)CC1.O=C(Nc1ccc2ccccc2c1)N1CCN(c2ncccc2Cl)CC1.